The van der Waals surface area contributed by atoms with Crippen LogP contribution in [0, 0.1) is 0 Å². The van der Waals surface area contributed by atoms with Crippen LogP contribution in [0.2, 0.25) is 0 Å². The Bertz CT molecular complexity index is 784. The van der Waals surface area contributed by atoms with Crippen LogP contribution < -0.4 is 15.4 Å². The zero-order valence-electron chi connectivity index (χ0n) is 15.1. The number of hydrogen-bond acceptors (Lipinski definition) is 4. The molecular weight excluding hydrogens is 378 g/mol. The fraction of sp³-hybridized carbons (Fsp3) is 0.444. The maximum absolute atomic E-state index is 12.7. The lowest BCUT2D eigenvalue weighted by molar-refractivity contribution is -0.124. The van der Waals surface area contributed by atoms with Crippen LogP contribution >= 0.6 is 12.4 Å². The molecular formula is C18H23ClF2N4O2. The first-order valence-electron chi connectivity index (χ1n) is 8.51. The Morgan fingerprint density at radius 1 is 1.41 bits per heavy atom. The molecule has 0 saturated heterocycles. The minimum atomic E-state index is -2.84. The highest BCUT2D eigenvalue weighted by Crippen LogP contribution is 2.33. The van der Waals surface area contributed by atoms with Gasteiger partial charge in [-0.2, -0.15) is 13.9 Å². The molecule has 1 aromatic carbocycles. The summed E-state index contributed by atoms with van der Waals surface area (Å²) in [5.41, 5.74) is 2.67. The highest BCUT2D eigenvalue weighted by atomic mass is 35.5. The van der Waals surface area contributed by atoms with Crippen LogP contribution in [-0.2, 0) is 18.3 Å². The molecule has 6 nitrogen and oxygen atoms in total. The lowest BCUT2D eigenvalue weighted by Gasteiger charge is -2.28. The second-order valence-electron chi connectivity index (χ2n) is 6.36. The molecule has 1 amide bonds. The zero-order chi connectivity index (χ0) is 18.7. The van der Waals surface area contributed by atoms with Crippen molar-refractivity contribution in [3.8, 4) is 5.75 Å². The van der Waals surface area contributed by atoms with Crippen LogP contribution in [0.15, 0.2) is 30.6 Å². The number of aromatic nitrogens is 2. The average molecular weight is 401 g/mol. The Balaban J connectivity index is 0.00000261. The molecule has 0 aliphatic heterocycles. The van der Waals surface area contributed by atoms with Crippen molar-refractivity contribution in [1.82, 2.24) is 20.4 Å². The highest BCUT2D eigenvalue weighted by molar-refractivity contribution is 5.85. The smallest absolute Gasteiger partial charge is 0.387 e. The molecule has 1 aliphatic carbocycles. The van der Waals surface area contributed by atoms with E-state index in [-0.39, 0.29) is 30.1 Å². The van der Waals surface area contributed by atoms with Crippen LogP contribution in [0.1, 0.15) is 41.6 Å². The number of rotatable bonds is 6. The molecule has 0 radical (unpaired) electrons. The summed E-state index contributed by atoms with van der Waals surface area (Å²) in [6.07, 6.45) is 5.90. The second-order valence-corrected chi connectivity index (χ2v) is 6.36. The highest BCUT2D eigenvalue weighted by Gasteiger charge is 2.27. The van der Waals surface area contributed by atoms with Crippen LogP contribution in [0.25, 0.3) is 0 Å². The summed E-state index contributed by atoms with van der Waals surface area (Å²) in [7, 11) is 3.52. The van der Waals surface area contributed by atoms with Crippen LogP contribution in [-0.4, -0.2) is 29.3 Å². The number of likely N-dealkylation sites (N-methyl/N-ethyl adjacent to an activating group) is 1. The number of hydrogen-bond donors (Lipinski definition) is 2. The summed E-state index contributed by atoms with van der Waals surface area (Å²) in [5.74, 6) is 0.000412. The summed E-state index contributed by atoms with van der Waals surface area (Å²) in [6.45, 7) is -2.84. The van der Waals surface area contributed by atoms with Crippen molar-refractivity contribution >= 4 is 18.3 Å². The molecule has 9 heteroatoms. The van der Waals surface area contributed by atoms with E-state index in [4.69, 9.17) is 0 Å². The van der Waals surface area contributed by atoms with Crippen molar-refractivity contribution in [3.05, 3.63) is 47.3 Å². The fourth-order valence-electron chi connectivity index (χ4n) is 3.41. The molecule has 2 unspecified atom stereocenters. The van der Waals surface area contributed by atoms with Crippen molar-refractivity contribution < 1.29 is 18.3 Å². The quantitative estimate of drug-likeness (QED) is 0.782. The number of nitrogens with one attached hydrogen (secondary N) is 2. The third kappa shape index (κ3) is 4.95. The number of carbonyl (C=O) groups is 1. The minimum Gasteiger partial charge on any atom is -0.435 e. The van der Waals surface area contributed by atoms with Gasteiger partial charge in [-0.3, -0.25) is 9.48 Å². The van der Waals surface area contributed by atoms with E-state index < -0.39 is 12.7 Å². The van der Waals surface area contributed by atoms with Crippen molar-refractivity contribution in [1.29, 1.82) is 0 Å². The SMILES string of the molecule is CNC(C(=O)NC1CCCc2cc(OC(F)F)ccc21)c1cnn(C)c1.Cl. The fourth-order valence-corrected chi connectivity index (χ4v) is 3.41. The topological polar surface area (TPSA) is 68.2 Å². The van der Waals surface area contributed by atoms with Gasteiger partial charge in [-0.15, -0.1) is 12.4 Å². The second kappa shape index (κ2) is 9.14. The molecule has 2 N–H and O–H groups in total. The Hall–Kier alpha value is -2.19. The van der Waals surface area contributed by atoms with Crippen molar-refractivity contribution in [2.24, 2.45) is 7.05 Å². The van der Waals surface area contributed by atoms with E-state index in [0.717, 1.165) is 36.0 Å². The molecule has 0 saturated carbocycles. The molecule has 1 heterocycles. The first-order valence-corrected chi connectivity index (χ1v) is 8.51. The average Bonchev–Trinajstić information content (AvgIpc) is 3.01. The largest absolute Gasteiger partial charge is 0.435 e. The number of amides is 1. The standard InChI is InChI=1S/C18H22F2N4O2.ClH/c1-21-16(12-9-22-24(2)10-12)17(25)23-15-5-3-4-11-8-13(26-18(19)20)6-7-14(11)15;/h6-10,15-16,18,21H,3-5H2,1-2H3,(H,23,25);1H. The number of benzene rings is 1. The molecule has 148 valence electrons. The summed E-state index contributed by atoms with van der Waals surface area (Å²) in [6, 6.07) is 4.26. The first-order chi connectivity index (χ1) is 12.5. The van der Waals surface area contributed by atoms with E-state index in [1.54, 1.807) is 43.3 Å². The van der Waals surface area contributed by atoms with Gasteiger partial charge in [-0.25, -0.2) is 0 Å². The van der Waals surface area contributed by atoms with Gasteiger partial charge in [0, 0.05) is 18.8 Å². The van der Waals surface area contributed by atoms with Gasteiger partial charge in [0.05, 0.1) is 12.2 Å². The number of ether oxygens (including phenoxy) is 1. The zero-order valence-corrected chi connectivity index (χ0v) is 15.9. The number of halogens is 3. The number of alkyl halides is 2. The third-order valence-electron chi connectivity index (χ3n) is 4.58. The van der Waals surface area contributed by atoms with E-state index in [1.165, 1.54) is 6.07 Å². The van der Waals surface area contributed by atoms with Gasteiger partial charge in [0.25, 0.3) is 0 Å². The predicted molar refractivity (Wildman–Crippen MR) is 99.2 cm³/mol. The molecule has 2 atom stereocenters. The number of carbonyl (C=O) groups excluding carboxylic acids is 1. The van der Waals surface area contributed by atoms with E-state index in [1.807, 2.05) is 0 Å². The van der Waals surface area contributed by atoms with Crippen molar-refractivity contribution in [2.45, 2.75) is 38.0 Å². The van der Waals surface area contributed by atoms with Gasteiger partial charge in [0.1, 0.15) is 11.8 Å². The van der Waals surface area contributed by atoms with Gasteiger partial charge >= 0.3 is 6.61 Å². The van der Waals surface area contributed by atoms with Gasteiger partial charge in [0.15, 0.2) is 0 Å². The molecule has 0 spiro atoms. The van der Waals surface area contributed by atoms with E-state index in [0.29, 0.717) is 0 Å². The third-order valence-corrected chi connectivity index (χ3v) is 4.58. The number of nitrogens with zero attached hydrogens (tertiary/aromatic N) is 2. The molecule has 27 heavy (non-hydrogen) atoms. The Labute approximate surface area is 162 Å². The molecule has 1 aliphatic rings. The summed E-state index contributed by atoms with van der Waals surface area (Å²) < 4.78 is 30.9. The lowest BCUT2D eigenvalue weighted by Crippen LogP contribution is -2.39. The van der Waals surface area contributed by atoms with Gasteiger partial charge in [-0.05, 0) is 49.6 Å². The minimum absolute atomic E-state index is 0. The van der Waals surface area contributed by atoms with Gasteiger partial charge in [0.2, 0.25) is 5.91 Å². The van der Waals surface area contributed by atoms with E-state index in [9.17, 15) is 13.6 Å². The van der Waals surface area contributed by atoms with Crippen LogP contribution in [0.4, 0.5) is 8.78 Å². The molecule has 3 rings (SSSR count). The summed E-state index contributed by atoms with van der Waals surface area (Å²) >= 11 is 0. The number of aryl methyl sites for hydroxylation is 2. The molecule has 1 aromatic heterocycles. The Morgan fingerprint density at radius 2 is 2.19 bits per heavy atom. The van der Waals surface area contributed by atoms with E-state index >= 15 is 0 Å². The maximum Gasteiger partial charge on any atom is 0.387 e. The molecule has 2 aromatic rings. The van der Waals surface area contributed by atoms with Crippen molar-refractivity contribution in [2.75, 3.05) is 7.05 Å². The van der Waals surface area contributed by atoms with Crippen molar-refractivity contribution in [3.63, 3.8) is 0 Å². The molecule has 0 fully saturated rings. The predicted octanol–water partition coefficient (Wildman–Crippen LogP) is 2.90. The first kappa shape index (κ1) is 21.1. The van der Waals surface area contributed by atoms with Gasteiger partial charge in [-0.1, -0.05) is 6.07 Å². The lowest BCUT2D eigenvalue weighted by atomic mass is 9.87. The Morgan fingerprint density at radius 3 is 2.81 bits per heavy atom. The monoisotopic (exact) mass is 400 g/mol. The summed E-state index contributed by atoms with van der Waals surface area (Å²) in [5, 5.41) is 10.2. The Kier molecular flexibility index (Phi) is 7.15. The van der Waals surface area contributed by atoms with Crippen LogP contribution in [0.3, 0.4) is 0 Å². The van der Waals surface area contributed by atoms with Crippen LogP contribution in [0.5, 0.6) is 5.75 Å². The maximum atomic E-state index is 12.7. The van der Waals surface area contributed by atoms with Gasteiger partial charge < -0.3 is 15.4 Å². The molecule has 0 bridgehead atoms. The summed E-state index contributed by atoms with van der Waals surface area (Å²) in [4.78, 5) is 12.7. The van der Waals surface area contributed by atoms with E-state index in [2.05, 4.69) is 20.5 Å². The number of fused-ring (bicyclic) bond motifs is 1. The normalized spacial score (nSPS) is 17.0.